The molecular weight excluding hydrogens is 180 g/mol. The number of hydrogen-bond donors (Lipinski definition) is 2. The van der Waals surface area contributed by atoms with E-state index in [9.17, 15) is 4.79 Å². The minimum absolute atomic E-state index is 0.134. The number of ether oxygens (including phenoxy) is 1. The summed E-state index contributed by atoms with van der Waals surface area (Å²) in [5, 5.41) is 3.16. The van der Waals surface area contributed by atoms with Gasteiger partial charge in [0.1, 0.15) is 0 Å². The van der Waals surface area contributed by atoms with E-state index >= 15 is 0 Å². The quantitative estimate of drug-likeness (QED) is 0.564. The molecule has 0 saturated heterocycles. The molecule has 0 aromatic heterocycles. The van der Waals surface area contributed by atoms with Gasteiger partial charge in [-0.25, -0.2) is 0 Å². The van der Waals surface area contributed by atoms with Gasteiger partial charge in [0.15, 0.2) is 0 Å². The molecule has 0 radical (unpaired) electrons. The van der Waals surface area contributed by atoms with Crippen molar-refractivity contribution in [2.75, 3.05) is 19.8 Å². The fourth-order valence-electron chi connectivity index (χ4n) is 1.07. The monoisotopic (exact) mass is 202 g/mol. The molecule has 1 unspecified atom stereocenters. The maximum absolute atomic E-state index is 10.5. The zero-order chi connectivity index (χ0) is 11.0. The summed E-state index contributed by atoms with van der Waals surface area (Å²) >= 11 is 0. The molecule has 0 heterocycles. The third-order valence-electron chi connectivity index (χ3n) is 1.70. The Kier molecular flexibility index (Phi) is 7.42. The zero-order valence-electron chi connectivity index (χ0n) is 9.38. The van der Waals surface area contributed by atoms with E-state index < -0.39 is 0 Å². The topological polar surface area (TPSA) is 64.3 Å². The molecule has 0 aromatic rings. The Labute approximate surface area is 86.2 Å². The number of nitrogens with one attached hydrogen (secondary N) is 1. The summed E-state index contributed by atoms with van der Waals surface area (Å²) in [6.07, 6.45) is 0.379. The smallest absolute Gasteiger partial charge is 0.218 e. The van der Waals surface area contributed by atoms with Crippen LogP contribution < -0.4 is 11.1 Å². The first kappa shape index (κ1) is 13.4. The highest BCUT2D eigenvalue weighted by molar-refractivity contribution is 5.74. The highest BCUT2D eigenvalue weighted by Gasteiger charge is 2.04. The van der Waals surface area contributed by atoms with Crippen LogP contribution in [0.1, 0.15) is 27.2 Å². The minimum Gasteiger partial charge on any atom is -0.380 e. The second kappa shape index (κ2) is 7.76. The van der Waals surface area contributed by atoms with Crippen LogP contribution in [0.2, 0.25) is 0 Å². The van der Waals surface area contributed by atoms with Gasteiger partial charge in [-0.1, -0.05) is 13.8 Å². The van der Waals surface area contributed by atoms with Crippen molar-refractivity contribution in [1.82, 2.24) is 5.32 Å². The van der Waals surface area contributed by atoms with Gasteiger partial charge in [0.2, 0.25) is 5.91 Å². The molecule has 0 bridgehead atoms. The average Bonchev–Trinajstić information content (AvgIpc) is 2.01. The summed E-state index contributed by atoms with van der Waals surface area (Å²) in [6.45, 7) is 8.40. The number of amides is 1. The molecule has 0 aliphatic heterocycles. The molecule has 0 aliphatic carbocycles. The van der Waals surface area contributed by atoms with Crippen LogP contribution in [0, 0.1) is 5.92 Å². The molecule has 0 aliphatic rings. The lowest BCUT2D eigenvalue weighted by molar-refractivity contribution is -0.118. The number of primary amides is 1. The first-order valence-electron chi connectivity index (χ1n) is 5.11. The van der Waals surface area contributed by atoms with Crippen LogP contribution in [-0.2, 0) is 9.53 Å². The van der Waals surface area contributed by atoms with Gasteiger partial charge in [-0.3, -0.25) is 4.79 Å². The largest absolute Gasteiger partial charge is 0.380 e. The van der Waals surface area contributed by atoms with Crippen molar-refractivity contribution < 1.29 is 9.53 Å². The lowest BCUT2D eigenvalue weighted by Gasteiger charge is -2.12. The lowest BCUT2D eigenvalue weighted by Crippen LogP contribution is -2.33. The van der Waals surface area contributed by atoms with E-state index in [1.54, 1.807) is 0 Å². The van der Waals surface area contributed by atoms with Gasteiger partial charge in [0, 0.05) is 25.6 Å². The van der Waals surface area contributed by atoms with Gasteiger partial charge in [-0.2, -0.15) is 0 Å². The van der Waals surface area contributed by atoms with E-state index in [1.807, 2.05) is 6.92 Å². The molecule has 1 atom stereocenters. The Morgan fingerprint density at radius 1 is 1.43 bits per heavy atom. The molecule has 0 saturated carbocycles. The van der Waals surface area contributed by atoms with E-state index in [0.29, 0.717) is 18.9 Å². The minimum atomic E-state index is -0.270. The molecule has 1 amide bonds. The molecule has 84 valence electrons. The molecule has 14 heavy (non-hydrogen) atoms. The summed E-state index contributed by atoms with van der Waals surface area (Å²) in [6, 6.07) is 0.134. The predicted octanol–water partition coefficient (Wildman–Crippen LogP) is 0.513. The summed E-state index contributed by atoms with van der Waals surface area (Å²) in [4.78, 5) is 10.5. The summed E-state index contributed by atoms with van der Waals surface area (Å²) in [5.41, 5.74) is 5.05. The van der Waals surface area contributed by atoms with Gasteiger partial charge in [-0.05, 0) is 12.8 Å². The first-order chi connectivity index (χ1) is 6.52. The molecule has 3 N–H and O–H groups in total. The van der Waals surface area contributed by atoms with E-state index in [-0.39, 0.29) is 11.9 Å². The summed E-state index contributed by atoms with van der Waals surface area (Å²) < 4.78 is 5.37. The highest BCUT2D eigenvalue weighted by atomic mass is 16.5. The van der Waals surface area contributed by atoms with E-state index in [2.05, 4.69) is 19.2 Å². The van der Waals surface area contributed by atoms with Crippen molar-refractivity contribution in [3.63, 3.8) is 0 Å². The Bertz CT molecular complexity index is 160. The summed E-state index contributed by atoms with van der Waals surface area (Å²) in [7, 11) is 0. The number of rotatable bonds is 8. The molecule has 4 heteroatoms. The normalized spacial score (nSPS) is 13.1. The van der Waals surface area contributed by atoms with Gasteiger partial charge >= 0.3 is 0 Å². The second-order valence-electron chi connectivity index (χ2n) is 3.99. The van der Waals surface area contributed by atoms with Crippen LogP contribution in [0.3, 0.4) is 0 Å². The van der Waals surface area contributed by atoms with Gasteiger partial charge in [0.05, 0.1) is 6.61 Å². The number of carbonyl (C=O) groups excluding carboxylic acids is 1. The Hall–Kier alpha value is -0.610. The summed E-state index contributed by atoms with van der Waals surface area (Å²) in [5.74, 6) is 0.297. The molecule has 0 spiro atoms. The highest BCUT2D eigenvalue weighted by Crippen LogP contribution is 1.92. The van der Waals surface area contributed by atoms with E-state index in [4.69, 9.17) is 10.5 Å². The molecule has 0 rings (SSSR count). The molecule has 0 fully saturated rings. The lowest BCUT2D eigenvalue weighted by atomic mass is 10.2. The zero-order valence-corrected chi connectivity index (χ0v) is 9.38. The Morgan fingerprint density at radius 3 is 2.57 bits per heavy atom. The maximum Gasteiger partial charge on any atom is 0.218 e. The van der Waals surface area contributed by atoms with Crippen LogP contribution in [0.15, 0.2) is 0 Å². The van der Waals surface area contributed by atoms with Crippen LogP contribution >= 0.6 is 0 Å². The van der Waals surface area contributed by atoms with Gasteiger partial charge in [-0.15, -0.1) is 0 Å². The fourth-order valence-corrected chi connectivity index (χ4v) is 1.07. The van der Waals surface area contributed by atoms with Gasteiger partial charge in [0.25, 0.3) is 0 Å². The second-order valence-corrected chi connectivity index (χ2v) is 3.99. The first-order valence-corrected chi connectivity index (χ1v) is 5.11. The SMILES string of the molecule is CC(C)COCCNC(C)CC(N)=O. The van der Waals surface area contributed by atoms with Crippen LogP contribution in [0.25, 0.3) is 0 Å². The third kappa shape index (κ3) is 9.48. The predicted molar refractivity (Wildman–Crippen MR) is 56.9 cm³/mol. The fraction of sp³-hybridized carbons (Fsp3) is 0.900. The number of nitrogens with two attached hydrogens (primary N) is 1. The Balaban J connectivity index is 3.23. The van der Waals surface area contributed by atoms with Crippen LogP contribution in [0.5, 0.6) is 0 Å². The van der Waals surface area contributed by atoms with Crippen LogP contribution in [0.4, 0.5) is 0 Å². The average molecular weight is 202 g/mol. The van der Waals surface area contributed by atoms with Crippen molar-refractivity contribution in [1.29, 1.82) is 0 Å². The van der Waals surface area contributed by atoms with E-state index in [1.165, 1.54) is 0 Å². The number of hydrogen-bond acceptors (Lipinski definition) is 3. The van der Waals surface area contributed by atoms with Crippen molar-refractivity contribution in [2.24, 2.45) is 11.7 Å². The van der Waals surface area contributed by atoms with Crippen molar-refractivity contribution >= 4 is 5.91 Å². The molecular formula is C10H22N2O2. The molecule has 0 aromatic carbocycles. The standard InChI is InChI=1S/C10H22N2O2/c1-8(2)7-14-5-4-12-9(3)6-10(11)13/h8-9,12H,4-7H2,1-3H3,(H2,11,13). The Morgan fingerprint density at radius 2 is 2.07 bits per heavy atom. The van der Waals surface area contributed by atoms with Gasteiger partial charge < -0.3 is 15.8 Å². The van der Waals surface area contributed by atoms with Crippen molar-refractivity contribution in [2.45, 2.75) is 33.2 Å². The van der Waals surface area contributed by atoms with Crippen molar-refractivity contribution in [3.05, 3.63) is 0 Å². The van der Waals surface area contributed by atoms with E-state index in [0.717, 1.165) is 13.2 Å². The van der Waals surface area contributed by atoms with Crippen molar-refractivity contribution in [3.8, 4) is 0 Å². The number of carbonyl (C=O) groups is 1. The van der Waals surface area contributed by atoms with Crippen LogP contribution in [-0.4, -0.2) is 31.7 Å². The maximum atomic E-state index is 10.5. The third-order valence-corrected chi connectivity index (χ3v) is 1.70. The molecule has 4 nitrogen and oxygen atoms in total.